The third kappa shape index (κ3) is 4.57. The van der Waals surface area contributed by atoms with Crippen molar-refractivity contribution in [3.05, 3.63) is 68.6 Å². The summed E-state index contributed by atoms with van der Waals surface area (Å²) in [6.45, 7) is 4.43. The number of nitrogens with zero attached hydrogens (tertiary/aromatic N) is 3. The maximum absolute atomic E-state index is 12.3. The number of aromatic nitrogens is 4. The van der Waals surface area contributed by atoms with E-state index < -0.39 is 11.1 Å². The molecule has 33 heavy (non-hydrogen) atoms. The van der Waals surface area contributed by atoms with Crippen molar-refractivity contribution in [2.75, 3.05) is 14.2 Å². The van der Waals surface area contributed by atoms with E-state index in [1.54, 1.807) is 38.5 Å². The number of hydrogen-bond acceptors (Lipinski definition) is 7. The van der Waals surface area contributed by atoms with Crippen LogP contribution in [0, 0.1) is 5.92 Å². The van der Waals surface area contributed by atoms with Crippen LogP contribution in [0.2, 0.25) is 0 Å². The van der Waals surface area contributed by atoms with Gasteiger partial charge in [0.05, 0.1) is 25.3 Å². The first-order valence-electron chi connectivity index (χ1n) is 10.4. The SMILES string of the molecule is COc1ccc(C=Cc2nc(-c3ccc4c(c3)[nH]c(=O)c(=O)n4CC(C)C)no2)cc1OC. The van der Waals surface area contributed by atoms with E-state index in [1.165, 1.54) is 4.57 Å². The van der Waals surface area contributed by atoms with Gasteiger partial charge in [-0.2, -0.15) is 4.98 Å². The summed E-state index contributed by atoms with van der Waals surface area (Å²) >= 11 is 0. The monoisotopic (exact) mass is 448 g/mol. The van der Waals surface area contributed by atoms with Crippen LogP contribution in [0.25, 0.3) is 34.6 Å². The second-order valence-corrected chi connectivity index (χ2v) is 7.90. The van der Waals surface area contributed by atoms with Gasteiger partial charge in [-0.1, -0.05) is 25.1 Å². The van der Waals surface area contributed by atoms with E-state index in [0.717, 1.165) is 5.56 Å². The molecule has 2 aromatic carbocycles. The van der Waals surface area contributed by atoms with E-state index in [1.807, 2.05) is 38.1 Å². The molecule has 0 bridgehead atoms. The predicted molar refractivity (Wildman–Crippen MR) is 125 cm³/mol. The standard InChI is InChI=1S/C24H24N4O5/c1-14(2)13-28-18-8-7-16(12-17(18)25-23(29)24(28)30)22-26-21(33-27-22)10-6-15-5-9-19(31-3)20(11-15)32-4/h5-12,14H,13H2,1-4H3,(H,25,29). The highest BCUT2D eigenvalue weighted by Crippen LogP contribution is 2.28. The Kier molecular flexibility index (Phi) is 6.12. The van der Waals surface area contributed by atoms with Crippen LogP contribution in [0.3, 0.4) is 0 Å². The lowest BCUT2D eigenvalue weighted by Gasteiger charge is -2.12. The molecule has 0 spiro atoms. The largest absolute Gasteiger partial charge is 0.493 e. The first-order chi connectivity index (χ1) is 15.9. The summed E-state index contributed by atoms with van der Waals surface area (Å²) in [5, 5.41) is 4.03. The minimum atomic E-state index is -0.660. The third-order valence-corrected chi connectivity index (χ3v) is 5.05. The summed E-state index contributed by atoms with van der Waals surface area (Å²) in [5.41, 5.74) is 1.48. The van der Waals surface area contributed by atoms with Crippen LogP contribution in [0.5, 0.6) is 11.5 Å². The predicted octanol–water partition coefficient (Wildman–Crippen LogP) is 3.58. The van der Waals surface area contributed by atoms with E-state index in [0.29, 0.717) is 46.4 Å². The van der Waals surface area contributed by atoms with Crippen molar-refractivity contribution in [3.63, 3.8) is 0 Å². The van der Waals surface area contributed by atoms with Crippen molar-refractivity contribution in [3.8, 4) is 22.9 Å². The van der Waals surface area contributed by atoms with Crippen LogP contribution >= 0.6 is 0 Å². The van der Waals surface area contributed by atoms with Crippen LogP contribution in [-0.2, 0) is 6.54 Å². The Morgan fingerprint density at radius 2 is 1.85 bits per heavy atom. The van der Waals surface area contributed by atoms with Crippen LogP contribution in [-0.4, -0.2) is 33.9 Å². The molecular formula is C24H24N4O5. The molecule has 0 aliphatic carbocycles. The Morgan fingerprint density at radius 3 is 2.58 bits per heavy atom. The van der Waals surface area contributed by atoms with Crippen LogP contribution < -0.4 is 20.6 Å². The van der Waals surface area contributed by atoms with Gasteiger partial charge in [0.15, 0.2) is 11.5 Å². The fourth-order valence-corrected chi connectivity index (χ4v) is 3.51. The van der Waals surface area contributed by atoms with E-state index >= 15 is 0 Å². The highest BCUT2D eigenvalue weighted by atomic mass is 16.5. The van der Waals surface area contributed by atoms with Crippen LogP contribution in [0.15, 0.2) is 50.5 Å². The maximum Gasteiger partial charge on any atom is 0.316 e. The van der Waals surface area contributed by atoms with Gasteiger partial charge in [0.2, 0.25) is 5.82 Å². The quantitative estimate of drug-likeness (QED) is 0.430. The molecular weight excluding hydrogens is 424 g/mol. The van der Waals surface area contributed by atoms with Gasteiger partial charge in [-0.15, -0.1) is 0 Å². The van der Waals surface area contributed by atoms with Gasteiger partial charge >= 0.3 is 11.1 Å². The summed E-state index contributed by atoms with van der Waals surface area (Å²) < 4.78 is 17.4. The van der Waals surface area contributed by atoms with E-state index in [-0.39, 0.29) is 5.92 Å². The molecule has 9 nitrogen and oxygen atoms in total. The number of aromatic amines is 1. The molecule has 4 aromatic rings. The smallest absolute Gasteiger partial charge is 0.316 e. The minimum absolute atomic E-state index is 0.213. The number of hydrogen-bond donors (Lipinski definition) is 1. The van der Waals surface area contributed by atoms with Crippen molar-refractivity contribution in [1.29, 1.82) is 0 Å². The number of methoxy groups -OCH3 is 2. The maximum atomic E-state index is 12.3. The average Bonchev–Trinajstić information content (AvgIpc) is 3.29. The average molecular weight is 448 g/mol. The summed E-state index contributed by atoms with van der Waals surface area (Å²) in [6, 6.07) is 10.8. The van der Waals surface area contributed by atoms with E-state index in [2.05, 4.69) is 15.1 Å². The summed E-state index contributed by atoms with van der Waals surface area (Å²) in [4.78, 5) is 31.5. The Hall–Kier alpha value is -4.14. The Morgan fingerprint density at radius 1 is 1.06 bits per heavy atom. The summed E-state index contributed by atoms with van der Waals surface area (Å²) in [5.74, 6) is 2.16. The van der Waals surface area contributed by atoms with Crippen molar-refractivity contribution >= 4 is 23.2 Å². The highest BCUT2D eigenvalue weighted by molar-refractivity contribution is 5.80. The van der Waals surface area contributed by atoms with Crippen LogP contribution in [0.4, 0.5) is 0 Å². The van der Waals surface area contributed by atoms with Gasteiger partial charge in [0.25, 0.3) is 5.89 Å². The number of benzene rings is 2. The number of rotatable bonds is 7. The molecule has 2 aromatic heterocycles. The summed E-state index contributed by atoms with van der Waals surface area (Å²) in [6.07, 6.45) is 3.52. The number of ether oxygens (including phenoxy) is 2. The third-order valence-electron chi connectivity index (χ3n) is 5.05. The molecule has 0 amide bonds. The van der Waals surface area contributed by atoms with E-state index in [9.17, 15) is 9.59 Å². The zero-order chi connectivity index (χ0) is 23.5. The molecule has 9 heteroatoms. The highest BCUT2D eigenvalue weighted by Gasteiger charge is 2.13. The fourth-order valence-electron chi connectivity index (χ4n) is 3.51. The lowest BCUT2D eigenvalue weighted by molar-refractivity contribution is 0.355. The second-order valence-electron chi connectivity index (χ2n) is 7.90. The van der Waals surface area contributed by atoms with Gasteiger partial charge in [-0.05, 0) is 47.9 Å². The topological polar surface area (TPSA) is 112 Å². The van der Waals surface area contributed by atoms with Gasteiger partial charge < -0.3 is 23.5 Å². The molecule has 2 heterocycles. The fraction of sp³-hybridized carbons (Fsp3) is 0.250. The van der Waals surface area contributed by atoms with Crippen molar-refractivity contribution < 1.29 is 14.0 Å². The van der Waals surface area contributed by atoms with Crippen molar-refractivity contribution in [2.45, 2.75) is 20.4 Å². The zero-order valence-corrected chi connectivity index (χ0v) is 18.8. The Bertz CT molecular complexity index is 1450. The van der Waals surface area contributed by atoms with Gasteiger partial charge in [0.1, 0.15) is 0 Å². The Labute approximate surface area is 189 Å². The van der Waals surface area contributed by atoms with Gasteiger partial charge in [-0.25, -0.2) is 0 Å². The molecule has 0 fully saturated rings. The lowest BCUT2D eigenvalue weighted by atomic mass is 10.1. The molecule has 0 saturated carbocycles. The molecule has 0 aliphatic rings. The lowest BCUT2D eigenvalue weighted by Crippen LogP contribution is -2.37. The molecule has 0 aliphatic heterocycles. The molecule has 0 unspecified atom stereocenters. The van der Waals surface area contributed by atoms with Crippen molar-refractivity contribution in [1.82, 2.24) is 19.7 Å². The minimum Gasteiger partial charge on any atom is -0.493 e. The Balaban J connectivity index is 1.64. The number of nitrogens with one attached hydrogen (secondary N) is 1. The van der Waals surface area contributed by atoms with Gasteiger partial charge in [0, 0.05) is 18.2 Å². The van der Waals surface area contributed by atoms with Gasteiger partial charge in [-0.3, -0.25) is 9.59 Å². The molecule has 0 radical (unpaired) electrons. The molecule has 0 atom stereocenters. The zero-order valence-electron chi connectivity index (χ0n) is 18.8. The molecule has 170 valence electrons. The molecule has 1 N–H and O–H groups in total. The van der Waals surface area contributed by atoms with Crippen molar-refractivity contribution in [2.24, 2.45) is 5.92 Å². The first kappa shape index (κ1) is 22.1. The molecule has 0 saturated heterocycles. The normalized spacial score (nSPS) is 11.5. The first-order valence-corrected chi connectivity index (χ1v) is 10.4. The summed E-state index contributed by atoms with van der Waals surface area (Å²) in [7, 11) is 3.16. The second kappa shape index (κ2) is 9.15. The number of H-pyrrole nitrogens is 1. The number of fused-ring (bicyclic) bond motifs is 1. The van der Waals surface area contributed by atoms with E-state index in [4.69, 9.17) is 14.0 Å². The van der Waals surface area contributed by atoms with Crippen LogP contribution in [0.1, 0.15) is 25.3 Å². The molecule has 4 rings (SSSR count).